The van der Waals surface area contributed by atoms with E-state index < -0.39 is 5.97 Å². The first kappa shape index (κ1) is 15.2. The van der Waals surface area contributed by atoms with Gasteiger partial charge < -0.3 is 19.8 Å². The summed E-state index contributed by atoms with van der Waals surface area (Å²) in [5.41, 5.74) is -0.0645. The van der Waals surface area contributed by atoms with Crippen molar-refractivity contribution in [3.05, 3.63) is 23.9 Å². The van der Waals surface area contributed by atoms with Gasteiger partial charge in [-0.3, -0.25) is 0 Å². The Kier molecular flexibility index (Phi) is 4.06. The van der Waals surface area contributed by atoms with Gasteiger partial charge in [0.15, 0.2) is 5.69 Å². The third kappa shape index (κ3) is 2.46. The Morgan fingerprint density at radius 2 is 2.18 bits per heavy atom. The van der Waals surface area contributed by atoms with E-state index in [2.05, 4.69) is 9.88 Å². The summed E-state index contributed by atoms with van der Waals surface area (Å²) < 4.78 is 5.76. The molecule has 2 aliphatic rings. The second kappa shape index (κ2) is 5.85. The van der Waals surface area contributed by atoms with Crippen LogP contribution >= 0.6 is 0 Å². The van der Waals surface area contributed by atoms with Crippen LogP contribution in [0.5, 0.6) is 0 Å². The smallest absolute Gasteiger partial charge is 0.354 e. The first-order chi connectivity index (χ1) is 10.6. The molecule has 22 heavy (non-hydrogen) atoms. The molecule has 6 heteroatoms. The zero-order valence-electron chi connectivity index (χ0n) is 12.7. The van der Waals surface area contributed by atoms with Crippen molar-refractivity contribution in [3.63, 3.8) is 0 Å². The monoisotopic (exact) mass is 306 g/mol. The van der Waals surface area contributed by atoms with Crippen LogP contribution in [0.1, 0.15) is 36.7 Å². The van der Waals surface area contributed by atoms with Gasteiger partial charge in [0, 0.05) is 31.5 Å². The molecule has 1 aromatic heterocycles. The Morgan fingerprint density at radius 3 is 2.77 bits per heavy atom. The normalized spacial score (nSPS) is 26.7. The predicted molar refractivity (Wildman–Crippen MR) is 81.1 cm³/mol. The number of piperidine rings is 1. The van der Waals surface area contributed by atoms with Gasteiger partial charge in [-0.1, -0.05) is 6.07 Å². The van der Waals surface area contributed by atoms with E-state index in [9.17, 15) is 9.90 Å². The number of carboxylic acid groups (broad SMARTS) is 1. The topological polar surface area (TPSA) is 82.9 Å². The molecular formula is C16H22N2O4. The molecule has 0 radical (unpaired) electrons. The van der Waals surface area contributed by atoms with Gasteiger partial charge >= 0.3 is 5.97 Å². The molecule has 2 heterocycles. The average molecular weight is 306 g/mol. The second-order valence-corrected chi connectivity index (χ2v) is 6.10. The van der Waals surface area contributed by atoms with Gasteiger partial charge in [-0.25, -0.2) is 9.78 Å². The van der Waals surface area contributed by atoms with E-state index >= 15 is 0 Å². The van der Waals surface area contributed by atoms with Crippen LogP contribution in [0.15, 0.2) is 18.2 Å². The zero-order chi connectivity index (χ0) is 15.7. The molecule has 1 aliphatic carbocycles. The quantitative estimate of drug-likeness (QED) is 0.878. The molecule has 0 aromatic carbocycles. The van der Waals surface area contributed by atoms with Gasteiger partial charge in [0.1, 0.15) is 5.82 Å². The van der Waals surface area contributed by atoms with Gasteiger partial charge in [-0.05, 0) is 31.9 Å². The number of carbonyl (C=O) groups is 1. The molecule has 1 aliphatic heterocycles. The molecule has 120 valence electrons. The third-order valence-corrected chi connectivity index (χ3v) is 5.08. The maximum atomic E-state index is 11.0. The molecule has 2 N–H and O–H groups in total. The number of aromatic carboxylic acids is 1. The maximum absolute atomic E-state index is 11.0. The summed E-state index contributed by atoms with van der Waals surface area (Å²) in [7, 11) is 0. The average Bonchev–Trinajstić information content (AvgIpc) is 2.55. The molecule has 6 nitrogen and oxygen atoms in total. The fraction of sp³-hybridized carbons (Fsp3) is 0.625. The molecule has 1 aromatic rings. The van der Waals surface area contributed by atoms with Crippen molar-refractivity contribution in [1.82, 2.24) is 4.98 Å². The van der Waals surface area contributed by atoms with Crippen molar-refractivity contribution in [2.24, 2.45) is 5.41 Å². The second-order valence-electron chi connectivity index (χ2n) is 6.10. The summed E-state index contributed by atoms with van der Waals surface area (Å²) >= 11 is 0. The first-order valence-electron chi connectivity index (χ1n) is 7.82. The van der Waals surface area contributed by atoms with Crippen molar-refractivity contribution in [2.45, 2.75) is 38.4 Å². The highest BCUT2D eigenvalue weighted by atomic mass is 16.5. The van der Waals surface area contributed by atoms with E-state index in [0.29, 0.717) is 12.4 Å². The van der Waals surface area contributed by atoms with Crippen LogP contribution in [0, 0.1) is 5.41 Å². The number of nitrogens with zero attached hydrogens (tertiary/aromatic N) is 2. The number of anilines is 1. The summed E-state index contributed by atoms with van der Waals surface area (Å²) in [6, 6.07) is 5.05. The zero-order valence-corrected chi connectivity index (χ0v) is 12.7. The fourth-order valence-electron chi connectivity index (χ4n) is 3.69. The minimum Gasteiger partial charge on any atom is -0.477 e. The molecule has 1 saturated carbocycles. The number of hydrogen-bond acceptors (Lipinski definition) is 5. The van der Waals surface area contributed by atoms with E-state index in [1.165, 1.54) is 6.07 Å². The van der Waals surface area contributed by atoms with Crippen molar-refractivity contribution in [2.75, 3.05) is 24.6 Å². The number of ether oxygens (including phenoxy) is 1. The summed E-state index contributed by atoms with van der Waals surface area (Å²) in [6.45, 7) is 4.17. The molecule has 1 spiro atoms. The SMILES string of the molecule is CCOC1CC(O)C12CCN(c1cccc(C(=O)O)n1)CC2. The van der Waals surface area contributed by atoms with Gasteiger partial charge in [-0.15, -0.1) is 0 Å². The third-order valence-electron chi connectivity index (χ3n) is 5.08. The van der Waals surface area contributed by atoms with Crippen molar-refractivity contribution < 1.29 is 19.7 Å². The highest BCUT2D eigenvalue weighted by Gasteiger charge is 2.56. The van der Waals surface area contributed by atoms with Crippen LogP contribution in [0.4, 0.5) is 5.82 Å². The van der Waals surface area contributed by atoms with Crippen LogP contribution in [0.2, 0.25) is 0 Å². The van der Waals surface area contributed by atoms with Gasteiger partial charge in [0.05, 0.1) is 12.2 Å². The number of aromatic nitrogens is 1. The number of pyridine rings is 1. The molecule has 0 bridgehead atoms. The summed E-state index contributed by atoms with van der Waals surface area (Å²) in [5.74, 6) is -0.322. The maximum Gasteiger partial charge on any atom is 0.354 e. The summed E-state index contributed by atoms with van der Waals surface area (Å²) in [5, 5.41) is 19.2. The lowest BCUT2D eigenvalue weighted by Crippen LogP contribution is -2.62. The first-order valence-corrected chi connectivity index (χ1v) is 7.82. The number of hydrogen-bond donors (Lipinski definition) is 2. The molecule has 2 fully saturated rings. The van der Waals surface area contributed by atoms with E-state index in [1.54, 1.807) is 6.07 Å². The van der Waals surface area contributed by atoms with Crippen molar-refractivity contribution in [1.29, 1.82) is 0 Å². The minimum atomic E-state index is -1.01. The Morgan fingerprint density at radius 1 is 1.45 bits per heavy atom. The molecule has 3 rings (SSSR count). The van der Waals surface area contributed by atoms with Crippen LogP contribution in [-0.4, -0.2) is 53.1 Å². The largest absolute Gasteiger partial charge is 0.477 e. The summed E-state index contributed by atoms with van der Waals surface area (Å²) in [6.07, 6.45) is 2.27. The van der Waals surface area contributed by atoms with Gasteiger partial charge in [0.25, 0.3) is 0 Å². The van der Waals surface area contributed by atoms with E-state index in [1.807, 2.05) is 13.0 Å². The Balaban J connectivity index is 1.69. The van der Waals surface area contributed by atoms with E-state index in [-0.39, 0.29) is 23.3 Å². The van der Waals surface area contributed by atoms with Crippen molar-refractivity contribution >= 4 is 11.8 Å². The minimum absolute atomic E-state index is 0.0636. The van der Waals surface area contributed by atoms with Crippen molar-refractivity contribution in [3.8, 4) is 0 Å². The van der Waals surface area contributed by atoms with Crippen LogP contribution in [0.25, 0.3) is 0 Å². The highest BCUT2D eigenvalue weighted by molar-refractivity contribution is 5.85. The molecular weight excluding hydrogens is 284 g/mol. The number of carboxylic acids is 1. The number of rotatable bonds is 4. The van der Waals surface area contributed by atoms with E-state index in [0.717, 1.165) is 32.4 Å². The fourth-order valence-corrected chi connectivity index (χ4v) is 3.69. The van der Waals surface area contributed by atoms with Crippen LogP contribution in [0.3, 0.4) is 0 Å². The molecule has 2 atom stereocenters. The van der Waals surface area contributed by atoms with Crippen LogP contribution in [-0.2, 0) is 4.74 Å². The number of aliphatic hydroxyl groups is 1. The van der Waals surface area contributed by atoms with E-state index in [4.69, 9.17) is 9.84 Å². The predicted octanol–water partition coefficient (Wildman–Crippen LogP) is 1.54. The van der Waals surface area contributed by atoms with Gasteiger partial charge in [0.2, 0.25) is 0 Å². The molecule has 1 saturated heterocycles. The Hall–Kier alpha value is -1.66. The molecule has 2 unspecified atom stereocenters. The van der Waals surface area contributed by atoms with Crippen LogP contribution < -0.4 is 4.90 Å². The molecule has 0 amide bonds. The number of aliphatic hydroxyl groups excluding tert-OH is 1. The Bertz CT molecular complexity index is 553. The lowest BCUT2D eigenvalue weighted by Gasteiger charge is -2.56. The summed E-state index contributed by atoms with van der Waals surface area (Å²) in [4.78, 5) is 17.3. The highest BCUT2D eigenvalue weighted by Crippen LogP contribution is 2.51. The lowest BCUT2D eigenvalue weighted by molar-refractivity contribution is -0.199. The van der Waals surface area contributed by atoms with Gasteiger partial charge in [-0.2, -0.15) is 0 Å². The Labute approximate surface area is 129 Å². The standard InChI is InChI=1S/C16H22N2O4/c1-2-22-13-10-12(19)16(13)6-8-18(9-7-16)14-5-3-4-11(17-14)15(20)21/h3-5,12-13,19H,2,6-10H2,1H3,(H,20,21). The lowest BCUT2D eigenvalue weighted by atomic mass is 9.58.